The Morgan fingerprint density at radius 2 is 1.88 bits per heavy atom. The lowest BCUT2D eigenvalue weighted by Crippen LogP contribution is -2.49. The Labute approximate surface area is 154 Å². The molecule has 144 valence electrons. The van der Waals surface area contributed by atoms with Crippen LogP contribution in [0.4, 0.5) is 0 Å². The van der Waals surface area contributed by atoms with Crippen LogP contribution in [0.3, 0.4) is 0 Å². The van der Waals surface area contributed by atoms with E-state index in [2.05, 4.69) is 47.8 Å². The van der Waals surface area contributed by atoms with Crippen molar-refractivity contribution in [1.29, 1.82) is 0 Å². The van der Waals surface area contributed by atoms with E-state index in [1.165, 1.54) is 44.2 Å². The number of likely N-dealkylation sites (N-methyl/N-ethyl adjacent to an activating group) is 1. The fourth-order valence-electron chi connectivity index (χ4n) is 4.01. The maximum atomic E-state index is 4.92. The van der Waals surface area contributed by atoms with Gasteiger partial charge < -0.3 is 10.6 Å². The summed E-state index contributed by atoms with van der Waals surface area (Å²) in [6.07, 6.45) is 6.34. The van der Waals surface area contributed by atoms with Gasteiger partial charge in [-0.1, -0.05) is 25.5 Å². The summed E-state index contributed by atoms with van der Waals surface area (Å²) < 4.78 is 0. The largest absolute Gasteiger partial charge is 0.357 e. The molecular weight excluding hydrogens is 310 g/mol. The molecule has 0 radical (unpaired) electrons. The van der Waals surface area contributed by atoms with Crippen LogP contribution in [0.15, 0.2) is 17.1 Å². The highest BCUT2D eigenvalue weighted by Crippen LogP contribution is 2.17. The molecule has 2 heterocycles. The molecule has 0 bridgehead atoms. The van der Waals surface area contributed by atoms with Crippen LogP contribution in [0.1, 0.15) is 52.9 Å². The molecule has 2 saturated heterocycles. The summed E-state index contributed by atoms with van der Waals surface area (Å²) in [4.78, 5) is 10.0. The molecule has 2 fully saturated rings. The van der Waals surface area contributed by atoms with Crippen LogP contribution in [-0.2, 0) is 0 Å². The third kappa shape index (κ3) is 6.98. The van der Waals surface area contributed by atoms with Gasteiger partial charge in [-0.25, -0.2) is 0 Å². The number of nitrogens with one attached hydrogen (secondary N) is 2. The van der Waals surface area contributed by atoms with Gasteiger partial charge in [0.2, 0.25) is 0 Å². The molecule has 2 aliphatic heterocycles. The average molecular weight is 350 g/mol. The molecule has 0 aliphatic carbocycles. The van der Waals surface area contributed by atoms with Crippen LogP contribution in [-0.4, -0.2) is 73.7 Å². The molecular formula is C20H39N5. The Hall–Kier alpha value is -1.07. The molecule has 0 spiro atoms. The molecule has 1 atom stereocenters. The number of likely N-dealkylation sites (tertiary alicyclic amines) is 2. The van der Waals surface area contributed by atoms with E-state index in [1.807, 2.05) is 0 Å². The molecule has 0 saturated carbocycles. The van der Waals surface area contributed by atoms with E-state index in [4.69, 9.17) is 4.99 Å². The molecule has 2 N–H and O–H groups in total. The van der Waals surface area contributed by atoms with E-state index < -0.39 is 0 Å². The number of aliphatic imine (C=N–C) groups is 1. The van der Waals surface area contributed by atoms with Gasteiger partial charge in [0, 0.05) is 38.3 Å². The molecule has 0 aromatic rings. The highest BCUT2D eigenvalue weighted by Gasteiger charge is 2.22. The Balaban J connectivity index is 1.82. The first-order valence-corrected chi connectivity index (χ1v) is 10.3. The maximum absolute atomic E-state index is 4.92. The fourth-order valence-corrected chi connectivity index (χ4v) is 4.01. The minimum atomic E-state index is 0.535. The number of hydrogen-bond acceptors (Lipinski definition) is 3. The van der Waals surface area contributed by atoms with Crippen molar-refractivity contribution < 1.29 is 0 Å². The zero-order valence-electron chi connectivity index (χ0n) is 16.7. The first-order valence-electron chi connectivity index (χ1n) is 10.3. The monoisotopic (exact) mass is 349 g/mol. The Morgan fingerprint density at radius 1 is 1.12 bits per heavy atom. The third-order valence-corrected chi connectivity index (χ3v) is 5.38. The van der Waals surface area contributed by atoms with E-state index in [1.54, 1.807) is 0 Å². The summed E-state index contributed by atoms with van der Waals surface area (Å²) in [6, 6.07) is 1.15. The molecule has 2 aliphatic rings. The van der Waals surface area contributed by atoms with Crippen LogP contribution in [0.2, 0.25) is 0 Å². The van der Waals surface area contributed by atoms with E-state index >= 15 is 0 Å². The lowest BCUT2D eigenvalue weighted by atomic mass is 10.0. The molecule has 0 amide bonds. The summed E-state index contributed by atoms with van der Waals surface area (Å²) >= 11 is 0. The topological polar surface area (TPSA) is 42.9 Å². The van der Waals surface area contributed by atoms with Gasteiger partial charge in [0.05, 0.1) is 6.54 Å². The molecule has 5 nitrogen and oxygen atoms in total. The third-order valence-electron chi connectivity index (χ3n) is 5.38. The van der Waals surface area contributed by atoms with E-state index in [9.17, 15) is 0 Å². The Kier molecular flexibility index (Phi) is 8.76. The molecule has 1 unspecified atom stereocenters. The van der Waals surface area contributed by atoms with Crippen LogP contribution >= 0.6 is 0 Å². The minimum absolute atomic E-state index is 0.535. The van der Waals surface area contributed by atoms with Crippen LogP contribution in [0, 0.1) is 0 Å². The summed E-state index contributed by atoms with van der Waals surface area (Å²) in [6.45, 7) is 18.1. The van der Waals surface area contributed by atoms with Crippen LogP contribution in [0.25, 0.3) is 0 Å². The highest BCUT2D eigenvalue weighted by molar-refractivity contribution is 5.80. The Bertz CT molecular complexity index is 426. The van der Waals surface area contributed by atoms with Crippen molar-refractivity contribution in [2.45, 2.75) is 65.0 Å². The van der Waals surface area contributed by atoms with Crippen molar-refractivity contribution in [2.24, 2.45) is 4.99 Å². The number of nitrogens with zero attached hydrogens (tertiary/aromatic N) is 3. The number of hydrogen-bond donors (Lipinski definition) is 2. The standard InChI is InChI=1S/C20H39N5/c1-5-21-20(22-15-19-9-7-8-12-25(19)6-2)23-18-10-13-24(14-11-18)16-17(3)4/h18-19H,3,5-16H2,1-2,4H3,(H2,21,22,23). The second kappa shape index (κ2) is 10.8. The van der Waals surface area contributed by atoms with Crippen molar-refractivity contribution in [3.63, 3.8) is 0 Å². The summed E-state index contributed by atoms with van der Waals surface area (Å²) in [7, 11) is 0. The lowest BCUT2D eigenvalue weighted by Gasteiger charge is -2.35. The van der Waals surface area contributed by atoms with Gasteiger partial charge in [0.15, 0.2) is 5.96 Å². The minimum Gasteiger partial charge on any atom is -0.357 e. The van der Waals surface area contributed by atoms with Gasteiger partial charge in [-0.15, -0.1) is 0 Å². The van der Waals surface area contributed by atoms with E-state index in [-0.39, 0.29) is 0 Å². The average Bonchev–Trinajstić information content (AvgIpc) is 2.61. The highest BCUT2D eigenvalue weighted by atomic mass is 15.2. The van der Waals surface area contributed by atoms with Gasteiger partial charge >= 0.3 is 0 Å². The quantitative estimate of drug-likeness (QED) is 0.421. The van der Waals surface area contributed by atoms with Gasteiger partial charge in [0.1, 0.15) is 0 Å². The lowest BCUT2D eigenvalue weighted by molar-refractivity contribution is 0.161. The fraction of sp³-hybridized carbons (Fsp3) is 0.850. The smallest absolute Gasteiger partial charge is 0.191 e. The van der Waals surface area contributed by atoms with Crippen molar-refractivity contribution in [2.75, 3.05) is 45.8 Å². The van der Waals surface area contributed by atoms with Crippen molar-refractivity contribution in [1.82, 2.24) is 20.4 Å². The van der Waals surface area contributed by atoms with Crippen molar-refractivity contribution >= 4 is 5.96 Å². The first-order chi connectivity index (χ1) is 12.1. The van der Waals surface area contributed by atoms with Crippen molar-refractivity contribution in [3.05, 3.63) is 12.2 Å². The molecule has 0 aromatic carbocycles. The first kappa shape index (κ1) is 20.2. The maximum Gasteiger partial charge on any atom is 0.191 e. The summed E-state index contributed by atoms with van der Waals surface area (Å²) in [5.41, 5.74) is 1.26. The van der Waals surface area contributed by atoms with Gasteiger partial charge in [0.25, 0.3) is 0 Å². The summed E-state index contributed by atoms with van der Waals surface area (Å²) in [5, 5.41) is 7.11. The van der Waals surface area contributed by atoms with Crippen molar-refractivity contribution in [3.8, 4) is 0 Å². The molecule has 5 heteroatoms. The zero-order chi connectivity index (χ0) is 18.1. The van der Waals surface area contributed by atoms with Gasteiger partial charge in [-0.05, 0) is 52.6 Å². The predicted octanol–water partition coefficient (Wildman–Crippen LogP) is 2.46. The molecule has 25 heavy (non-hydrogen) atoms. The summed E-state index contributed by atoms with van der Waals surface area (Å²) in [5.74, 6) is 1.00. The Morgan fingerprint density at radius 3 is 2.52 bits per heavy atom. The number of rotatable bonds is 7. The molecule has 2 rings (SSSR count). The second-order valence-corrected chi connectivity index (χ2v) is 7.65. The van der Waals surface area contributed by atoms with Crippen LogP contribution in [0.5, 0.6) is 0 Å². The van der Waals surface area contributed by atoms with Crippen LogP contribution < -0.4 is 10.6 Å². The number of piperidine rings is 2. The normalized spacial score (nSPS) is 24.3. The van der Waals surface area contributed by atoms with E-state index in [0.29, 0.717) is 12.1 Å². The zero-order valence-corrected chi connectivity index (χ0v) is 16.7. The second-order valence-electron chi connectivity index (χ2n) is 7.65. The van der Waals surface area contributed by atoms with Gasteiger partial charge in [-0.2, -0.15) is 0 Å². The SMILES string of the molecule is C=C(C)CN1CCC(NC(=NCC2CCCCN2CC)NCC)CC1. The van der Waals surface area contributed by atoms with E-state index in [0.717, 1.165) is 45.2 Å². The number of guanidine groups is 1. The van der Waals surface area contributed by atoms with Gasteiger partial charge in [-0.3, -0.25) is 14.8 Å². The molecule has 0 aromatic heterocycles. The predicted molar refractivity (Wildman–Crippen MR) is 108 cm³/mol.